The number of benzene rings is 4. The zero-order chi connectivity index (χ0) is 37.2. The molecule has 0 aliphatic carbocycles. The smallest absolute Gasteiger partial charge is 0.324 e. The van der Waals surface area contributed by atoms with Crippen molar-refractivity contribution in [2.45, 2.75) is 42.5 Å². The molecule has 54 heavy (non-hydrogen) atoms. The summed E-state index contributed by atoms with van der Waals surface area (Å²) in [5, 5.41) is 26.0. The van der Waals surface area contributed by atoms with Gasteiger partial charge in [0, 0.05) is 42.5 Å². The van der Waals surface area contributed by atoms with Crippen LogP contribution in [0.2, 0.25) is 0 Å². The van der Waals surface area contributed by atoms with Gasteiger partial charge in [-0.25, -0.2) is 0 Å². The molecule has 0 saturated carbocycles. The van der Waals surface area contributed by atoms with Crippen LogP contribution in [0.5, 0.6) is 5.75 Å². The lowest BCUT2D eigenvalue weighted by molar-refractivity contribution is -0.178. The van der Waals surface area contributed by atoms with Crippen LogP contribution in [0, 0.1) is 17.8 Å². The number of fused-ring (bicyclic) bond motifs is 3. The number of amides is 2. The molecule has 5 aromatic rings. The zero-order valence-electron chi connectivity index (χ0n) is 29.3. The first-order chi connectivity index (χ1) is 26.4. The second-order valence-corrected chi connectivity index (χ2v) is 13.7. The number of aliphatic hydroxyl groups is 1. The summed E-state index contributed by atoms with van der Waals surface area (Å²) in [5.74, 6) is 3.28. The molecule has 2 saturated heterocycles. The lowest BCUT2D eigenvalue weighted by atomic mass is 9.65. The largest absolute Gasteiger partial charge is 0.508 e. The molecule has 0 bridgehead atoms. The predicted octanol–water partition coefficient (Wildman–Crippen LogP) is 5.15. The van der Waals surface area contributed by atoms with Gasteiger partial charge in [0.2, 0.25) is 11.8 Å². The molecule has 4 aromatic carbocycles. The summed E-state index contributed by atoms with van der Waals surface area (Å²) in [6.45, 7) is 0.109. The van der Waals surface area contributed by atoms with Crippen molar-refractivity contribution in [1.82, 2.24) is 15.2 Å². The Bertz CT molecular complexity index is 2240. The Morgan fingerprint density at radius 3 is 2.30 bits per heavy atom. The molecule has 3 aliphatic rings. The molecule has 6 atom stereocenters. The number of hydrogen-bond donors (Lipinski definition) is 4. The van der Waals surface area contributed by atoms with Gasteiger partial charge in [0.1, 0.15) is 23.3 Å². The number of aromatic nitrogens is 1. The molecule has 4 N–H and O–H groups in total. The quantitative estimate of drug-likeness (QED) is 0.128. The fourth-order valence-corrected chi connectivity index (χ4v) is 8.52. The fraction of sp³-hybridized carbons (Fsp3) is 0.227. The van der Waals surface area contributed by atoms with Crippen molar-refractivity contribution in [3.05, 3.63) is 161 Å². The van der Waals surface area contributed by atoms with Crippen molar-refractivity contribution >= 4 is 23.5 Å². The van der Waals surface area contributed by atoms with Gasteiger partial charge in [-0.1, -0.05) is 90.7 Å². The Hall–Kier alpha value is -6.28. The van der Waals surface area contributed by atoms with E-state index in [1.807, 2.05) is 89.8 Å². The van der Waals surface area contributed by atoms with Gasteiger partial charge in [0.05, 0.1) is 24.6 Å². The molecule has 2 amide bonds. The van der Waals surface area contributed by atoms with E-state index in [0.29, 0.717) is 28.8 Å². The third-order valence-corrected chi connectivity index (χ3v) is 10.7. The Kier molecular flexibility index (Phi) is 9.42. The van der Waals surface area contributed by atoms with E-state index in [1.54, 1.807) is 42.6 Å². The van der Waals surface area contributed by atoms with E-state index in [-0.39, 0.29) is 25.3 Å². The van der Waals surface area contributed by atoms with Gasteiger partial charge in [-0.05, 0) is 64.7 Å². The molecule has 270 valence electrons. The van der Waals surface area contributed by atoms with Crippen LogP contribution < -0.4 is 10.6 Å². The first-order valence-electron chi connectivity index (χ1n) is 18.0. The number of nitrogens with one attached hydrogen (secondary N) is 2. The highest BCUT2D eigenvalue weighted by Crippen LogP contribution is 2.64. The molecule has 3 aliphatic heterocycles. The highest BCUT2D eigenvalue weighted by molar-refractivity contribution is 6.12. The Labute approximate surface area is 312 Å². The minimum atomic E-state index is -1.67. The number of pyridine rings is 1. The topological polar surface area (TPSA) is 141 Å². The summed E-state index contributed by atoms with van der Waals surface area (Å²) in [7, 11) is 0. The van der Waals surface area contributed by atoms with Gasteiger partial charge < -0.3 is 25.6 Å². The van der Waals surface area contributed by atoms with E-state index < -0.39 is 53.3 Å². The van der Waals surface area contributed by atoms with Crippen LogP contribution in [0.1, 0.15) is 58.1 Å². The number of hydrogen-bond acceptors (Lipinski definition) is 8. The summed E-state index contributed by atoms with van der Waals surface area (Å²) < 4.78 is 6.44. The zero-order valence-corrected chi connectivity index (χ0v) is 29.3. The van der Waals surface area contributed by atoms with Gasteiger partial charge in [0.15, 0.2) is 0 Å². The fourth-order valence-electron chi connectivity index (χ4n) is 8.52. The van der Waals surface area contributed by atoms with Crippen LogP contribution in [0.4, 0.5) is 5.69 Å². The van der Waals surface area contributed by atoms with Crippen LogP contribution in [0.3, 0.4) is 0 Å². The summed E-state index contributed by atoms with van der Waals surface area (Å²) in [6.07, 6.45) is 1.59. The van der Waals surface area contributed by atoms with Crippen molar-refractivity contribution < 1.29 is 29.3 Å². The molecule has 10 nitrogen and oxygen atoms in total. The number of aliphatic hydroxyl groups excluding tert-OH is 1. The maximum absolute atomic E-state index is 15.1. The SMILES string of the molecule is O=C1OC(c2ccccc2)C(c2ccccc2)N2C1C(C(=O)NCCc1ccccn1)C1(C(=O)Nc3ccc(C#CCCO)cc31)C2c1ccc(O)cc1. The Morgan fingerprint density at radius 1 is 0.870 bits per heavy atom. The second kappa shape index (κ2) is 14.6. The van der Waals surface area contributed by atoms with Crippen LogP contribution in [-0.4, -0.2) is 57.1 Å². The summed E-state index contributed by atoms with van der Waals surface area (Å²) in [5.41, 5.74) is 2.96. The van der Waals surface area contributed by atoms with Crippen molar-refractivity contribution in [2.24, 2.45) is 5.92 Å². The van der Waals surface area contributed by atoms with Crippen molar-refractivity contribution in [1.29, 1.82) is 0 Å². The van der Waals surface area contributed by atoms with Crippen LogP contribution in [0.15, 0.2) is 128 Å². The van der Waals surface area contributed by atoms with Crippen LogP contribution in [-0.2, 0) is 31.0 Å². The van der Waals surface area contributed by atoms with Gasteiger partial charge in [-0.3, -0.25) is 24.3 Å². The number of nitrogens with zero attached hydrogens (tertiary/aromatic N) is 2. The standard InChI is InChI=1S/C44H38N4O6/c49-26-10-8-11-28-17-22-35-34(27-28)44(43(53)47-35)36(41(51)46-25-23-32-16-7-9-24-45-32)38-42(52)54-39(30-14-5-2-6-15-30)37(29-12-3-1-4-13-29)48(38)40(44)31-18-20-33(50)21-19-31/h1-7,9,12-22,24,27,36-40,49-50H,10,23,25-26H2,(H,46,51)(H,47,53). The number of esters is 1. The molecular formula is C44H38N4O6. The number of aromatic hydroxyl groups is 1. The number of phenols is 1. The van der Waals surface area contributed by atoms with Crippen molar-refractivity contribution in [2.75, 3.05) is 18.5 Å². The van der Waals surface area contributed by atoms with Gasteiger partial charge >= 0.3 is 5.97 Å². The number of phenolic OH excluding ortho intramolecular Hbond substituents is 1. The molecule has 0 radical (unpaired) electrons. The molecule has 1 spiro atoms. The summed E-state index contributed by atoms with van der Waals surface area (Å²) >= 11 is 0. The minimum absolute atomic E-state index is 0.0312. The maximum atomic E-state index is 15.1. The first kappa shape index (κ1) is 34.8. The lowest BCUT2D eigenvalue weighted by Gasteiger charge is -2.46. The summed E-state index contributed by atoms with van der Waals surface area (Å²) in [4.78, 5) is 51.4. The van der Waals surface area contributed by atoms with E-state index >= 15 is 9.59 Å². The number of morpholine rings is 1. The molecular weight excluding hydrogens is 681 g/mol. The molecule has 8 rings (SSSR count). The van der Waals surface area contributed by atoms with E-state index in [1.165, 1.54) is 0 Å². The lowest BCUT2D eigenvalue weighted by Crippen LogP contribution is -2.55. The highest BCUT2D eigenvalue weighted by atomic mass is 16.6. The molecule has 2 fully saturated rings. The van der Waals surface area contributed by atoms with E-state index in [0.717, 1.165) is 16.8 Å². The molecule has 10 heteroatoms. The summed E-state index contributed by atoms with van der Waals surface area (Å²) in [6, 6.07) is 34.0. The number of ether oxygens (including phenoxy) is 1. The molecule has 4 heterocycles. The number of carbonyl (C=O) groups excluding carboxylic acids is 3. The predicted molar refractivity (Wildman–Crippen MR) is 201 cm³/mol. The first-order valence-corrected chi connectivity index (χ1v) is 18.0. The number of cyclic esters (lactones) is 1. The molecule has 6 unspecified atom stereocenters. The normalized spacial score (nSPS) is 24.1. The third kappa shape index (κ3) is 5.97. The van der Waals surface area contributed by atoms with E-state index in [9.17, 15) is 15.0 Å². The van der Waals surface area contributed by atoms with Gasteiger partial charge in [0.25, 0.3) is 0 Å². The van der Waals surface area contributed by atoms with Crippen molar-refractivity contribution in [3.8, 4) is 17.6 Å². The van der Waals surface area contributed by atoms with Crippen LogP contribution >= 0.6 is 0 Å². The highest BCUT2D eigenvalue weighted by Gasteiger charge is 2.74. The Balaban J connectivity index is 1.38. The van der Waals surface area contributed by atoms with E-state index in [4.69, 9.17) is 4.74 Å². The van der Waals surface area contributed by atoms with Gasteiger partial charge in [-0.15, -0.1) is 0 Å². The minimum Gasteiger partial charge on any atom is -0.508 e. The Morgan fingerprint density at radius 2 is 1.59 bits per heavy atom. The van der Waals surface area contributed by atoms with Crippen molar-refractivity contribution in [3.63, 3.8) is 0 Å². The van der Waals surface area contributed by atoms with Crippen LogP contribution in [0.25, 0.3) is 0 Å². The number of rotatable bonds is 8. The number of anilines is 1. The second-order valence-electron chi connectivity index (χ2n) is 13.7. The van der Waals surface area contributed by atoms with E-state index in [2.05, 4.69) is 27.5 Å². The van der Waals surface area contributed by atoms with Gasteiger partial charge in [-0.2, -0.15) is 0 Å². The third-order valence-electron chi connectivity index (χ3n) is 10.7. The monoisotopic (exact) mass is 718 g/mol. The number of carbonyl (C=O) groups is 3. The average Bonchev–Trinajstić information content (AvgIpc) is 3.68. The molecule has 1 aromatic heterocycles. The average molecular weight is 719 g/mol. The maximum Gasteiger partial charge on any atom is 0.324 e.